The third-order valence-corrected chi connectivity index (χ3v) is 4.16. The maximum absolute atomic E-state index is 6.28. The van der Waals surface area contributed by atoms with Crippen LogP contribution in [0.2, 0.25) is 5.02 Å². The average molecular weight is 240 g/mol. The number of furan rings is 1. The summed E-state index contributed by atoms with van der Waals surface area (Å²) in [6.07, 6.45) is 7.53. The second-order valence-corrected chi connectivity index (χ2v) is 5.40. The molecule has 1 unspecified atom stereocenters. The summed E-state index contributed by atoms with van der Waals surface area (Å²) < 4.78 is 5.99. The maximum Gasteiger partial charge on any atom is 0.125 e. The van der Waals surface area contributed by atoms with Crippen LogP contribution in [0, 0.1) is 0 Å². The number of halogens is 1. The predicted octanol–water partition coefficient (Wildman–Crippen LogP) is 4.02. The topological polar surface area (TPSA) is 25.2 Å². The van der Waals surface area contributed by atoms with Gasteiger partial charge >= 0.3 is 0 Å². The molecule has 0 spiro atoms. The predicted molar refractivity (Wildman–Crippen MR) is 64.9 cm³/mol. The zero-order chi connectivity index (χ0) is 11.0. The van der Waals surface area contributed by atoms with E-state index in [0.29, 0.717) is 12.0 Å². The Hall–Kier alpha value is -0.470. The Kier molecular flexibility index (Phi) is 2.95. The van der Waals surface area contributed by atoms with E-state index in [-0.39, 0.29) is 0 Å². The maximum atomic E-state index is 6.28. The third kappa shape index (κ3) is 1.89. The molecule has 1 N–H and O–H groups in total. The molecule has 2 heterocycles. The van der Waals surface area contributed by atoms with Gasteiger partial charge in [0.15, 0.2) is 0 Å². The fourth-order valence-corrected chi connectivity index (χ4v) is 3.27. The van der Waals surface area contributed by atoms with Gasteiger partial charge in [-0.1, -0.05) is 24.4 Å². The summed E-state index contributed by atoms with van der Waals surface area (Å²) in [7, 11) is 0. The Bertz CT molecular complexity index is 362. The molecular weight excluding hydrogens is 222 g/mol. The van der Waals surface area contributed by atoms with Crippen molar-refractivity contribution in [2.24, 2.45) is 0 Å². The second-order valence-electron chi connectivity index (χ2n) is 4.99. The lowest BCUT2D eigenvalue weighted by atomic mass is 10.1. The van der Waals surface area contributed by atoms with Gasteiger partial charge in [-0.3, -0.25) is 0 Å². The van der Waals surface area contributed by atoms with Gasteiger partial charge in [0.1, 0.15) is 11.5 Å². The molecule has 1 atom stereocenters. The minimum atomic E-state index is 0.396. The van der Waals surface area contributed by atoms with E-state index in [2.05, 4.69) is 5.32 Å². The van der Waals surface area contributed by atoms with Crippen molar-refractivity contribution >= 4 is 11.6 Å². The van der Waals surface area contributed by atoms with Crippen molar-refractivity contribution in [3.63, 3.8) is 0 Å². The highest BCUT2D eigenvalue weighted by Gasteiger charge is 2.27. The van der Waals surface area contributed by atoms with E-state index in [1.165, 1.54) is 38.5 Å². The zero-order valence-electron chi connectivity index (χ0n) is 9.47. The van der Waals surface area contributed by atoms with Crippen LogP contribution < -0.4 is 5.32 Å². The number of hydrogen-bond donors (Lipinski definition) is 1. The molecule has 0 radical (unpaired) electrons. The monoisotopic (exact) mass is 239 g/mol. The molecule has 1 aliphatic carbocycles. The van der Waals surface area contributed by atoms with E-state index in [0.717, 1.165) is 23.1 Å². The van der Waals surface area contributed by atoms with Crippen LogP contribution in [-0.4, -0.2) is 6.54 Å². The molecule has 2 aliphatic rings. The molecule has 1 saturated heterocycles. The molecule has 16 heavy (non-hydrogen) atoms. The molecular formula is C13H18ClNO. The minimum absolute atomic E-state index is 0.396. The Morgan fingerprint density at radius 2 is 2.00 bits per heavy atom. The van der Waals surface area contributed by atoms with Gasteiger partial charge in [0.25, 0.3) is 0 Å². The van der Waals surface area contributed by atoms with Gasteiger partial charge in [0, 0.05) is 12.0 Å². The zero-order valence-corrected chi connectivity index (χ0v) is 10.2. The lowest BCUT2D eigenvalue weighted by Crippen LogP contribution is -2.11. The lowest BCUT2D eigenvalue weighted by Gasteiger charge is -2.08. The molecule has 3 heteroatoms. The first-order valence-corrected chi connectivity index (χ1v) is 6.75. The summed E-state index contributed by atoms with van der Waals surface area (Å²) in [5.41, 5.74) is 0. The van der Waals surface area contributed by atoms with Gasteiger partial charge in [0.2, 0.25) is 0 Å². The summed E-state index contributed by atoms with van der Waals surface area (Å²) in [5.74, 6) is 2.66. The van der Waals surface area contributed by atoms with Crippen LogP contribution in [0.25, 0.3) is 0 Å². The minimum Gasteiger partial charge on any atom is -0.463 e. The average Bonchev–Trinajstić information content (AvgIpc) is 2.97. The van der Waals surface area contributed by atoms with Crippen LogP contribution in [0.5, 0.6) is 0 Å². The Labute approximate surface area is 101 Å². The van der Waals surface area contributed by atoms with E-state index in [4.69, 9.17) is 16.0 Å². The van der Waals surface area contributed by atoms with Gasteiger partial charge < -0.3 is 9.73 Å². The van der Waals surface area contributed by atoms with Crippen LogP contribution in [0.1, 0.15) is 62.0 Å². The summed E-state index contributed by atoms with van der Waals surface area (Å²) in [6.45, 7) is 1.10. The molecule has 2 fully saturated rings. The molecule has 0 bridgehead atoms. The van der Waals surface area contributed by atoms with Crippen molar-refractivity contribution in [3.05, 3.63) is 22.6 Å². The number of nitrogens with one attached hydrogen (secondary N) is 1. The van der Waals surface area contributed by atoms with E-state index in [9.17, 15) is 0 Å². The van der Waals surface area contributed by atoms with Crippen LogP contribution in [-0.2, 0) is 0 Å². The normalized spacial score (nSPS) is 26.7. The highest BCUT2D eigenvalue weighted by atomic mass is 35.5. The largest absolute Gasteiger partial charge is 0.463 e. The van der Waals surface area contributed by atoms with Crippen molar-refractivity contribution in [1.29, 1.82) is 0 Å². The van der Waals surface area contributed by atoms with Crippen LogP contribution in [0.3, 0.4) is 0 Å². The third-order valence-electron chi connectivity index (χ3n) is 3.86. The van der Waals surface area contributed by atoms with Crippen molar-refractivity contribution < 1.29 is 4.42 Å². The summed E-state index contributed by atoms with van der Waals surface area (Å²) in [4.78, 5) is 0. The Morgan fingerprint density at radius 1 is 1.19 bits per heavy atom. The molecule has 1 aliphatic heterocycles. The number of hydrogen-bond acceptors (Lipinski definition) is 2. The number of rotatable bonds is 2. The summed E-state index contributed by atoms with van der Waals surface area (Å²) in [6, 6.07) is 2.42. The molecule has 2 nitrogen and oxygen atoms in total. The van der Waals surface area contributed by atoms with Crippen molar-refractivity contribution in [1.82, 2.24) is 5.32 Å². The molecule has 0 amide bonds. The van der Waals surface area contributed by atoms with E-state index in [1.807, 2.05) is 6.07 Å². The van der Waals surface area contributed by atoms with Gasteiger partial charge in [-0.2, -0.15) is 0 Å². The van der Waals surface area contributed by atoms with Crippen molar-refractivity contribution in [2.75, 3.05) is 6.54 Å². The highest BCUT2D eigenvalue weighted by Crippen LogP contribution is 2.40. The van der Waals surface area contributed by atoms with E-state index in [1.54, 1.807) is 0 Å². The molecule has 1 saturated carbocycles. The molecule has 3 rings (SSSR count). The fourth-order valence-electron chi connectivity index (χ4n) is 2.97. The van der Waals surface area contributed by atoms with Gasteiger partial charge in [0.05, 0.1) is 11.1 Å². The SMILES string of the molecule is Clc1cc(C2CCCN2)oc1C1CCCC1. The smallest absolute Gasteiger partial charge is 0.125 e. The van der Waals surface area contributed by atoms with Crippen molar-refractivity contribution in [3.8, 4) is 0 Å². The van der Waals surface area contributed by atoms with Crippen LogP contribution in [0.4, 0.5) is 0 Å². The molecule has 1 aromatic rings. The first kappa shape index (κ1) is 10.7. The summed E-state index contributed by atoms with van der Waals surface area (Å²) in [5, 5.41) is 4.29. The standard InChI is InChI=1S/C13H18ClNO/c14-10-8-12(11-6-3-7-15-11)16-13(10)9-4-1-2-5-9/h8-9,11,15H,1-7H2. The van der Waals surface area contributed by atoms with Crippen LogP contribution in [0.15, 0.2) is 10.5 Å². The molecule has 88 valence electrons. The highest BCUT2D eigenvalue weighted by molar-refractivity contribution is 6.31. The molecule has 0 aromatic carbocycles. The van der Waals surface area contributed by atoms with Gasteiger partial charge in [-0.25, -0.2) is 0 Å². The van der Waals surface area contributed by atoms with Crippen molar-refractivity contribution in [2.45, 2.75) is 50.5 Å². The van der Waals surface area contributed by atoms with E-state index >= 15 is 0 Å². The first-order chi connectivity index (χ1) is 7.84. The van der Waals surface area contributed by atoms with Gasteiger partial charge in [-0.15, -0.1) is 0 Å². The molecule has 1 aromatic heterocycles. The summed E-state index contributed by atoms with van der Waals surface area (Å²) >= 11 is 6.28. The van der Waals surface area contributed by atoms with Crippen LogP contribution >= 0.6 is 11.6 Å². The quantitative estimate of drug-likeness (QED) is 0.844. The van der Waals surface area contributed by atoms with E-state index < -0.39 is 0 Å². The Morgan fingerprint density at radius 3 is 2.69 bits per heavy atom. The Balaban J connectivity index is 1.83. The first-order valence-electron chi connectivity index (χ1n) is 6.37. The lowest BCUT2D eigenvalue weighted by molar-refractivity contribution is 0.395. The fraction of sp³-hybridized carbons (Fsp3) is 0.692. The van der Waals surface area contributed by atoms with Gasteiger partial charge in [-0.05, 0) is 32.2 Å². The second kappa shape index (κ2) is 4.42.